The Bertz CT molecular complexity index is 1130. The summed E-state index contributed by atoms with van der Waals surface area (Å²) in [4.78, 5) is 19.5. The number of hydrogen-bond acceptors (Lipinski definition) is 6. The fourth-order valence-electron chi connectivity index (χ4n) is 3.19. The van der Waals surface area contributed by atoms with E-state index in [0.29, 0.717) is 23.8 Å². The number of nitrogens with one attached hydrogen (secondary N) is 1. The number of aryl methyl sites for hydroxylation is 1. The highest BCUT2D eigenvalue weighted by atomic mass is 16.6. The van der Waals surface area contributed by atoms with Gasteiger partial charge in [-0.05, 0) is 69.5 Å². The van der Waals surface area contributed by atoms with Gasteiger partial charge in [0.2, 0.25) is 5.89 Å². The van der Waals surface area contributed by atoms with Crippen molar-refractivity contribution >= 4 is 6.09 Å². The Morgan fingerprint density at radius 3 is 2.53 bits per heavy atom. The number of carbonyl (C=O) groups is 1. The first-order chi connectivity index (χ1) is 16.2. The van der Waals surface area contributed by atoms with Gasteiger partial charge in [0.1, 0.15) is 29.4 Å². The van der Waals surface area contributed by atoms with Gasteiger partial charge in [-0.15, -0.1) is 0 Å². The summed E-state index contributed by atoms with van der Waals surface area (Å²) in [6, 6.07) is 16.8. The molecule has 1 atom stereocenters. The van der Waals surface area contributed by atoms with Gasteiger partial charge >= 0.3 is 6.09 Å². The molecule has 3 rings (SSSR count). The summed E-state index contributed by atoms with van der Waals surface area (Å²) in [7, 11) is 0. The first-order valence-corrected chi connectivity index (χ1v) is 11.0. The SMILES string of the molecule is Cc1oc(-c2ccccc2)nc1COc1ccc(C[C@@H](CN=[N+]=[N-])NC(=O)OC(C)(C)C)cc1. The summed E-state index contributed by atoms with van der Waals surface area (Å²) in [6.45, 7) is 7.62. The zero-order valence-electron chi connectivity index (χ0n) is 19.8. The summed E-state index contributed by atoms with van der Waals surface area (Å²) in [6.07, 6.45) is -0.0788. The molecule has 0 aliphatic heterocycles. The minimum Gasteiger partial charge on any atom is -0.487 e. The summed E-state index contributed by atoms with van der Waals surface area (Å²) < 4.78 is 17.0. The second kappa shape index (κ2) is 11.2. The van der Waals surface area contributed by atoms with Crippen molar-refractivity contribution in [3.63, 3.8) is 0 Å². The number of rotatable bonds is 9. The van der Waals surface area contributed by atoms with Crippen LogP contribution in [0.15, 0.2) is 64.1 Å². The summed E-state index contributed by atoms with van der Waals surface area (Å²) >= 11 is 0. The number of oxazole rings is 1. The van der Waals surface area contributed by atoms with Crippen molar-refractivity contribution in [3.8, 4) is 17.2 Å². The van der Waals surface area contributed by atoms with Gasteiger partial charge in [0.15, 0.2) is 0 Å². The highest BCUT2D eigenvalue weighted by Gasteiger charge is 2.19. The van der Waals surface area contributed by atoms with Crippen molar-refractivity contribution in [1.29, 1.82) is 0 Å². The van der Waals surface area contributed by atoms with Crippen molar-refractivity contribution in [1.82, 2.24) is 10.3 Å². The number of amides is 1. The molecule has 1 amide bonds. The minimum absolute atomic E-state index is 0.114. The molecule has 0 saturated heterocycles. The molecule has 0 aliphatic carbocycles. The fourth-order valence-corrected chi connectivity index (χ4v) is 3.19. The van der Waals surface area contributed by atoms with Gasteiger partial charge in [0.05, 0.1) is 0 Å². The first kappa shape index (κ1) is 24.7. The number of ether oxygens (including phenoxy) is 2. The Hall–Kier alpha value is -3.97. The quantitative estimate of drug-likeness (QED) is 0.238. The van der Waals surface area contributed by atoms with E-state index in [-0.39, 0.29) is 13.2 Å². The smallest absolute Gasteiger partial charge is 0.407 e. The van der Waals surface area contributed by atoms with E-state index in [1.165, 1.54) is 0 Å². The molecular weight excluding hydrogens is 434 g/mol. The van der Waals surface area contributed by atoms with Gasteiger partial charge in [-0.3, -0.25) is 0 Å². The monoisotopic (exact) mass is 463 g/mol. The molecule has 1 aromatic heterocycles. The molecule has 3 aromatic rings. The lowest BCUT2D eigenvalue weighted by Crippen LogP contribution is -2.41. The Balaban J connectivity index is 1.59. The number of carbonyl (C=O) groups excluding carboxylic acids is 1. The molecule has 0 saturated carbocycles. The molecule has 9 heteroatoms. The number of aromatic nitrogens is 1. The molecule has 0 aliphatic rings. The second-order valence-electron chi connectivity index (χ2n) is 8.78. The van der Waals surface area contributed by atoms with Crippen LogP contribution in [-0.2, 0) is 17.8 Å². The van der Waals surface area contributed by atoms with Gasteiger partial charge in [0.25, 0.3) is 0 Å². The van der Waals surface area contributed by atoms with E-state index in [1.54, 1.807) is 20.8 Å². The third-order valence-electron chi connectivity index (χ3n) is 4.78. The molecule has 0 radical (unpaired) electrons. The maximum atomic E-state index is 12.1. The van der Waals surface area contributed by atoms with Gasteiger partial charge in [-0.1, -0.05) is 35.4 Å². The van der Waals surface area contributed by atoms with E-state index in [4.69, 9.17) is 19.4 Å². The van der Waals surface area contributed by atoms with Gasteiger partial charge in [0, 0.05) is 23.1 Å². The first-order valence-electron chi connectivity index (χ1n) is 11.0. The largest absolute Gasteiger partial charge is 0.487 e. The molecular formula is C25H29N5O4. The molecule has 0 fully saturated rings. The number of nitrogens with zero attached hydrogens (tertiary/aromatic N) is 4. The Kier molecular flexibility index (Phi) is 8.16. The summed E-state index contributed by atoms with van der Waals surface area (Å²) in [5.74, 6) is 1.96. The zero-order valence-corrected chi connectivity index (χ0v) is 19.8. The maximum absolute atomic E-state index is 12.1. The van der Waals surface area contributed by atoms with E-state index >= 15 is 0 Å². The molecule has 1 heterocycles. The lowest BCUT2D eigenvalue weighted by molar-refractivity contribution is 0.0506. The van der Waals surface area contributed by atoms with Crippen LogP contribution in [0.5, 0.6) is 5.75 Å². The standard InChI is InChI=1S/C25H29N5O4/c1-17-22(29-23(33-17)19-8-6-5-7-9-19)16-32-21-12-10-18(11-13-21)14-20(15-27-30-26)28-24(31)34-25(2,3)4/h5-13,20H,14-16H2,1-4H3,(H,28,31)/t20-/m0/s1. The van der Waals surface area contributed by atoms with Crippen LogP contribution in [0.4, 0.5) is 4.79 Å². The molecule has 0 unspecified atom stereocenters. The van der Waals surface area contributed by atoms with Crippen LogP contribution in [-0.4, -0.2) is 29.3 Å². The van der Waals surface area contributed by atoms with E-state index in [0.717, 1.165) is 16.8 Å². The Labute approximate surface area is 198 Å². The normalized spacial score (nSPS) is 11.9. The Morgan fingerprint density at radius 1 is 1.18 bits per heavy atom. The molecule has 9 nitrogen and oxygen atoms in total. The topological polar surface area (TPSA) is 122 Å². The van der Waals surface area contributed by atoms with Crippen molar-refractivity contribution in [3.05, 3.63) is 82.1 Å². The fraction of sp³-hybridized carbons (Fsp3) is 0.360. The van der Waals surface area contributed by atoms with Gasteiger partial charge in [-0.25, -0.2) is 9.78 Å². The van der Waals surface area contributed by atoms with Crippen LogP contribution in [0.1, 0.15) is 37.8 Å². The summed E-state index contributed by atoms with van der Waals surface area (Å²) in [5, 5.41) is 6.36. The van der Waals surface area contributed by atoms with E-state index < -0.39 is 17.7 Å². The van der Waals surface area contributed by atoms with Crippen LogP contribution < -0.4 is 10.1 Å². The predicted octanol–water partition coefficient (Wildman–Crippen LogP) is 5.98. The molecule has 34 heavy (non-hydrogen) atoms. The maximum Gasteiger partial charge on any atom is 0.407 e. The van der Waals surface area contributed by atoms with Crippen LogP contribution >= 0.6 is 0 Å². The Morgan fingerprint density at radius 2 is 1.88 bits per heavy atom. The highest BCUT2D eigenvalue weighted by Crippen LogP contribution is 2.23. The molecule has 0 bridgehead atoms. The van der Waals surface area contributed by atoms with Crippen LogP contribution in [0.25, 0.3) is 21.9 Å². The number of alkyl carbamates (subject to hydrolysis) is 1. The minimum atomic E-state index is -0.615. The van der Waals surface area contributed by atoms with E-state index in [9.17, 15) is 4.79 Å². The average molecular weight is 464 g/mol. The van der Waals surface area contributed by atoms with Crippen molar-refractivity contribution < 1.29 is 18.7 Å². The van der Waals surface area contributed by atoms with E-state index in [1.807, 2.05) is 61.5 Å². The summed E-state index contributed by atoms with van der Waals surface area (Å²) in [5.41, 5.74) is 10.6. The number of benzene rings is 2. The number of hydrogen-bond donors (Lipinski definition) is 1. The lowest BCUT2D eigenvalue weighted by atomic mass is 10.1. The molecule has 178 valence electrons. The van der Waals surface area contributed by atoms with E-state index in [2.05, 4.69) is 20.3 Å². The molecule has 1 N–H and O–H groups in total. The van der Waals surface area contributed by atoms with Gasteiger partial charge in [-0.2, -0.15) is 0 Å². The average Bonchev–Trinajstić information content (AvgIpc) is 3.17. The van der Waals surface area contributed by atoms with Crippen LogP contribution in [0.3, 0.4) is 0 Å². The lowest BCUT2D eigenvalue weighted by Gasteiger charge is -2.23. The van der Waals surface area contributed by atoms with Crippen molar-refractivity contribution in [2.75, 3.05) is 6.54 Å². The zero-order chi connectivity index (χ0) is 24.6. The third-order valence-corrected chi connectivity index (χ3v) is 4.78. The van der Waals surface area contributed by atoms with Crippen molar-refractivity contribution in [2.45, 2.75) is 52.4 Å². The molecule has 2 aromatic carbocycles. The van der Waals surface area contributed by atoms with Crippen molar-refractivity contribution in [2.24, 2.45) is 5.11 Å². The van der Waals surface area contributed by atoms with Crippen LogP contribution in [0, 0.1) is 6.92 Å². The van der Waals surface area contributed by atoms with Crippen LogP contribution in [0.2, 0.25) is 0 Å². The highest BCUT2D eigenvalue weighted by molar-refractivity contribution is 5.68. The van der Waals surface area contributed by atoms with Gasteiger partial charge < -0.3 is 19.2 Å². The molecule has 0 spiro atoms. The second-order valence-corrected chi connectivity index (χ2v) is 8.78. The number of azide groups is 1. The third kappa shape index (κ3) is 7.56. The predicted molar refractivity (Wildman–Crippen MR) is 128 cm³/mol.